The molecule has 3 N–H and O–H groups in total. The lowest BCUT2D eigenvalue weighted by atomic mass is 10.2. The molecule has 1 aromatic rings. The molecule has 0 saturated heterocycles. The Morgan fingerprint density at radius 1 is 1.53 bits per heavy atom. The number of nitrogens with zero attached hydrogens (tertiary/aromatic N) is 1. The fraction of sp³-hybridized carbons (Fsp3) is 0.545. The minimum Gasteiger partial charge on any atom is -0.354 e. The van der Waals surface area contributed by atoms with Crippen LogP contribution in [-0.4, -0.2) is 34.6 Å². The van der Waals surface area contributed by atoms with Gasteiger partial charge in [-0.05, 0) is 13.3 Å². The minimum atomic E-state index is -0.227. The van der Waals surface area contributed by atoms with E-state index in [1.54, 1.807) is 0 Å². The largest absolute Gasteiger partial charge is 0.354 e. The lowest BCUT2D eigenvalue weighted by Crippen LogP contribution is -2.35. The second-order valence-electron chi connectivity index (χ2n) is 3.87. The fourth-order valence-corrected chi connectivity index (χ4v) is 1.22. The normalized spacial score (nSPS) is 11.9. The lowest BCUT2D eigenvalue weighted by molar-refractivity contribution is -0.121. The predicted molar refractivity (Wildman–Crippen MR) is 63.4 cm³/mol. The van der Waals surface area contributed by atoms with Crippen LogP contribution in [0.15, 0.2) is 12.4 Å². The molecule has 2 amide bonds. The van der Waals surface area contributed by atoms with E-state index in [0.29, 0.717) is 12.1 Å². The van der Waals surface area contributed by atoms with Crippen molar-refractivity contribution in [2.24, 2.45) is 0 Å². The second-order valence-corrected chi connectivity index (χ2v) is 3.87. The van der Waals surface area contributed by atoms with Crippen molar-refractivity contribution in [3.63, 3.8) is 0 Å². The number of hydrogen-bond donors (Lipinski definition) is 3. The van der Waals surface area contributed by atoms with Crippen LogP contribution in [0.4, 0.5) is 0 Å². The number of amides is 2. The zero-order valence-electron chi connectivity index (χ0n) is 10.1. The predicted octanol–water partition coefficient (Wildman–Crippen LogP) is 0.444. The molecule has 1 atom stereocenters. The van der Waals surface area contributed by atoms with Crippen molar-refractivity contribution >= 4 is 11.8 Å². The molecule has 0 bridgehead atoms. The third-order valence-electron chi connectivity index (χ3n) is 2.42. The van der Waals surface area contributed by atoms with E-state index in [9.17, 15) is 9.59 Å². The van der Waals surface area contributed by atoms with Gasteiger partial charge in [0.2, 0.25) is 5.91 Å². The molecule has 94 valence electrons. The van der Waals surface area contributed by atoms with Crippen LogP contribution in [-0.2, 0) is 4.79 Å². The van der Waals surface area contributed by atoms with Gasteiger partial charge in [0.1, 0.15) is 0 Å². The summed E-state index contributed by atoms with van der Waals surface area (Å²) in [6.45, 7) is 4.28. The van der Waals surface area contributed by atoms with Crippen molar-refractivity contribution in [1.29, 1.82) is 0 Å². The van der Waals surface area contributed by atoms with Gasteiger partial charge in [-0.3, -0.25) is 14.7 Å². The number of carbonyl (C=O) groups excluding carboxylic acids is 2. The van der Waals surface area contributed by atoms with Gasteiger partial charge in [-0.2, -0.15) is 5.10 Å². The minimum absolute atomic E-state index is 0.0492. The number of carbonyl (C=O) groups is 2. The van der Waals surface area contributed by atoms with E-state index in [-0.39, 0.29) is 24.3 Å². The highest BCUT2D eigenvalue weighted by molar-refractivity contribution is 5.93. The quantitative estimate of drug-likeness (QED) is 0.672. The SMILES string of the molecule is CCC(C)NC(=O)CCNC(=O)c1cn[nH]c1. The molecule has 17 heavy (non-hydrogen) atoms. The standard InChI is InChI=1S/C11H18N4O2/c1-3-8(2)15-10(16)4-5-12-11(17)9-6-13-14-7-9/h6-8H,3-5H2,1-2H3,(H,12,17)(H,13,14)(H,15,16). The van der Waals surface area contributed by atoms with Gasteiger partial charge in [-0.1, -0.05) is 6.92 Å². The van der Waals surface area contributed by atoms with Crippen molar-refractivity contribution in [3.05, 3.63) is 18.0 Å². The summed E-state index contributed by atoms with van der Waals surface area (Å²) in [5.41, 5.74) is 0.465. The van der Waals surface area contributed by atoms with Gasteiger partial charge in [0.15, 0.2) is 0 Å². The highest BCUT2D eigenvalue weighted by atomic mass is 16.2. The van der Waals surface area contributed by atoms with E-state index in [0.717, 1.165) is 6.42 Å². The monoisotopic (exact) mass is 238 g/mol. The molecule has 0 radical (unpaired) electrons. The van der Waals surface area contributed by atoms with Gasteiger partial charge in [0.05, 0.1) is 11.8 Å². The molecule has 0 aliphatic carbocycles. The van der Waals surface area contributed by atoms with Gasteiger partial charge in [-0.15, -0.1) is 0 Å². The highest BCUT2D eigenvalue weighted by Gasteiger charge is 2.08. The Hall–Kier alpha value is -1.85. The molecule has 1 unspecified atom stereocenters. The number of aromatic nitrogens is 2. The smallest absolute Gasteiger partial charge is 0.254 e. The van der Waals surface area contributed by atoms with Crippen LogP contribution in [0.2, 0.25) is 0 Å². The van der Waals surface area contributed by atoms with Crippen molar-refractivity contribution in [3.8, 4) is 0 Å². The van der Waals surface area contributed by atoms with Gasteiger partial charge in [0.25, 0.3) is 5.91 Å². The van der Waals surface area contributed by atoms with Crippen molar-refractivity contribution < 1.29 is 9.59 Å². The van der Waals surface area contributed by atoms with Crippen molar-refractivity contribution in [2.75, 3.05) is 6.54 Å². The molecule has 1 heterocycles. The summed E-state index contributed by atoms with van der Waals surface area (Å²) < 4.78 is 0. The Bertz CT molecular complexity index is 362. The zero-order valence-corrected chi connectivity index (χ0v) is 10.1. The van der Waals surface area contributed by atoms with Crippen molar-refractivity contribution in [1.82, 2.24) is 20.8 Å². The number of rotatable bonds is 6. The summed E-state index contributed by atoms with van der Waals surface area (Å²) in [6.07, 6.45) is 4.13. The first-order valence-electron chi connectivity index (χ1n) is 5.69. The molecule has 0 aliphatic rings. The van der Waals surface area contributed by atoms with E-state index in [1.165, 1.54) is 12.4 Å². The number of hydrogen-bond acceptors (Lipinski definition) is 3. The van der Waals surface area contributed by atoms with Crippen LogP contribution in [0.3, 0.4) is 0 Å². The molecular formula is C11H18N4O2. The summed E-state index contributed by atoms with van der Waals surface area (Å²) in [5.74, 6) is -0.276. The molecule has 0 aliphatic heterocycles. The van der Waals surface area contributed by atoms with Gasteiger partial charge in [-0.25, -0.2) is 0 Å². The first-order chi connectivity index (χ1) is 8.13. The molecule has 0 aromatic carbocycles. The summed E-state index contributed by atoms with van der Waals surface area (Å²) in [6, 6.07) is 0.173. The van der Waals surface area contributed by atoms with Crippen LogP contribution in [0.5, 0.6) is 0 Å². The summed E-state index contributed by atoms with van der Waals surface area (Å²) >= 11 is 0. The van der Waals surface area contributed by atoms with Crippen LogP contribution in [0.25, 0.3) is 0 Å². The van der Waals surface area contributed by atoms with E-state index in [4.69, 9.17) is 0 Å². The molecule has 0 fully saturated rings. The number of H-pyrrole nitrogens is 1. The maximum atomic E-state index is 11.5. The molecular weight excluding hydrogens is 220 g/mol. The average Bonchev–Trinajstić information content (AvgIpc) is 2.82. The van der Waals surface area contributed by atoms with E-state index in [1.807, 2.05) is 13.8 Å². The van der Waals surface area contributed by atoms with Crippen LogP contribution < -0.4 is 10.6 Å². The summed E-state index contributed by atoms with van der Waals surface area (Å²) in [7, 11) is 0. The molecule has 6 nitrogen and oxygen atoms in total. The second kappa shape index (κ2) is 6.67. The maximum Gasteiger partial charge on any atom is 0.254 e. The van der Waals surface area contributed by atoms with Crippen molar-refractivity contribution in [2.45, 2.75) is 32.7 Å². The summed E-state index contributed by atoms with van der Waals surface area (Å²) in [4.78, 5) is 22.9. The first-order valence-corrected chi connectivity index (χ1v) is 5.69. The third kappa shape index (κ3) is 4.67. The van der Waals surface area contributed by atoms with Gasteiger partial charge >= 0.3 is 0 Å². The highest BCUT2D eigenvalue weighted by Crippen LogP contribution is 1.93. The van der Waals surface area contributed by atoms with Gasteiger partial charge < -0.3 is 10.6 Å². The third-order valence-corrected chi connectivity index (χ3v) is 2.42. The molecule has 1 aromatic heterocycles. The van der Waals surface area contributed by atoms with Crippen LogP contribution in [0.1, 0.15) is 37.0 Å². The Balaban J connectivity index is 2.20. The van der Waals surface area contributed by atoms with E-state index < -0.39 is 0 Å². The maximum absolute atomic E-state index is 11.5. The van der Waals surface area contributed by atoms with E-state index in [2.05, 4.69) is 20.8 Å². The first kappa shape index (κ1) is 13.2. The van der Waals surface area contributed by atoms with Crippen LogP contribution in [0, 0.1) is 0 Å². The van der Waals surface area contributed by atoms with Crippen LogP contribution >= 0.6 is 0 Å². The Labute approximate surface area is 100 Å². The zero-order chi connectivity index (χ0) is 12.7. The summed E-state index contributed by atoms with van der Waals surface area (Å²) in [5, 5.41) is 11.7. The average molecular weight is 238 g/mol. The lowest BCUT2D eigenvalue weighted by Gasteiger charge is -2.11. The Kier molecular flexibility index (Phi) is 5.19. The Morgan fingerprint density at radius 3 is 2.88 bits per heavy atom. The molecule has 6 heteroatoms. The van der Waals surface area contributed by atoms with E-state index >= 15 is 0 Å². The fourth-order valence-electron chi connectivity index (χ4n) is 1.22. The topological polar surface area (TPSA) is 86.9 Å². The number of aromatic amines is 1. The Morgan fingerprint density at radius 2 is 2.29 bits per heavy atom. The molecule has 0 spiro atoms. The number of nitrogens with one attached hydrogen (secondary N) is 3. The molecule has 0 saturated carbocycles. The molecule has 1 rings (SSSR count). The van der Waals surface area contributed by atoms with Gasteiger partial charge in [0, 0.05) is 25.2 Å².